The van der Waals surface area contributed by atoms with Crippen LogP contribution in [0.2, 0.25) is 0 Å². The summed E-state index contributed by atoms with van der Waals surface area (Å²) in [5.74, 6) is 0.127. The molecule has 0 atom stereocenters. The van der Waals surface area contributed by atoms with Gasteiger partial charge in [0.1, 0.15) is 0 Å². The lowest BCUT2D eigenvalue weighted by Gasteiger charge is -2.44. The molecule has 1 spiro atoms. The van der Waals surface area contributed by atoms with E-state index < -0.39 is 0 Å². The lowest BCUT2D eigenvalue weighted by atomic mass is 9.98. The van der Waals surface area contributed by atoms with Gasteiger partial charge in [-0.15, -0.1) is 0 Å². The number of rotatable bonds is 3. The Morgan fingerprint density at radius 1 is 1.19 bits per heavy atom. The SMILES string of the molecule is CC(=O)c1ccc(SN2CCN(C)C23CCNCC3)cc1. The van der Waals surface area contributed by atoms with E-state index in [2.05, 4.69) is 33.7 Å². The number of likely N-dealkylation sites (N-methyl/N-ethyl adjacent to an activating group) is 1. The van der Waals surface area contributed by atoms with Crippen molar-refractivity contribution >= 4 is 17.7 Å². The second-order valence-electron chi connectivity index (χ2n) is 5.93. The number of carbonyl (C=O) groups excluding carboxylic acids is 1. The van der Waals surface area contributed by atoms with E-state index in [9.17, 15) is 4.79 Å². The molecule has 2 aliphatic heterocycles. The van der Waals surface area contributed by atoms with Crippen LogP contribution >= 0.6 is 11.9 Å². The van der Waals surface area contributed by atoms with Crippen molar-refractivity contribution in [1.29, 1.82) is 0 Å². The summed E-state index contributed by atoms with van der Waals surface area (Å²) in [6.07, 6.45) is 2.34. The van der Waals surface area contributed by atoms with Gasteiger partial charge in [0.2, 0.25) is 0 Å². The summed E-state index contributed by atoms with van der Waals surface area (Å²) in [6, 6.07) is 7.99. The van der Waals surface area contributed by atoms with E-state index in [0.29, 0.717) is 0 Å². The number of hydrogen-bond acceptors (Lipinski definition) is 5. The van der Waals surface area contributed by atoms with Gasteiger partial charge in [0.05, 0.1) is 5.66 Å². The van der Waals surface area contributed by atoms with E-state index in [1.54, 1.807) is 6.92 Å². The van der Waals surface area contributed by atoms with Gasteiger partial charge < -0.3 is 5.32 Å². The summed E-state index contributed by atoms with van der Waals surface area (Å²) in [5.41, 5.74) is 0.976. The highest BCUT2D eigenvalue weighted by molar-refractivity contribution is 7.97. The molecule has 5 heteroatoms. The largest absolute Gasteiger partial charge is 0.316 e. The van der Waals surface area contributed by atoms with Crippen molar-refractivity contribution in [2.45, 2.75) is 30.3 Å². The molecule has 2 heterocycles. The molecule has 2 aliphatic rings. The lowest BCUT2D eigenvalue weighted by Crippen LogP contribution is -2.55. The molecule has 2 fully saturated rings. The fraction of sp³-hybridized carbons (Fsp3) is 0.562. The quantitative estimate of drug-likeness (QED) is 0.684. The van der Waals surface area contributed by atoms with E-state index in [1.165, 1.54) is 17.7 Å². The summed E-state index contributed by atoms with van der Waals surface area (Å²) in [4.78, 5) is 15.1. The van der Waals surface area contributed by atoms with E-state index in [-0.39, 0.29) is 11.4 Å². The predicted molar refractivity (Wildman–Crippen MR) is 86.5 cm³/mol. The number of carbonyl (C=O) groups is 1. The molecule has 0 aliphatic carbocycles. The summed E-state index contributed by atoms with van der Waals surface area (Å²) in [7, 11) is 2.24. The highest BCUT2D eigenvalue weighted by Gasteiger charge is 2.46. The van der Waals surface area contributed by atoms with Crippen LogP contribution in [0.25, 0.3) is 0 Å². The van der Waals surface area contributed by atoms with Crippen molar-refractivity contribution in [3.63, 3.8) is 0 Å². The van der Waals surface area contributed by atoms with Gasteiger partial charge in [-0.25, -0.2) is 4.31 Å². The number of piperidine rings is 1. The minimum absolute atomic E-state index is 0.127. The molecule has 0 unspecified atom stereocenters. The first-order valence-corrected chi connectivity index (χ1v) is 8.38. The van der Waals surface area contributed by atoms with Gasteiger partial charge >= 0.3 is 0 Å². The number of nitrogens with one attached hydrogen (secondary N) is 1. The average molecular weight is 305 g/mol. The zero-order valence-electron chi connectivity index (χ0n) is 12.8. The third-order valence-electron chi connectivity index (χ3n) is 4.69. The first kappa shape index (κ1) is 15.0. The van der Waals surface area contributed by atoms with Gasteiger partial charge in [-0.2, -0.15) is 0 Å². The molecule has 0 radical (unpaired) electrons. The molecule has 1 aromatic rings. The van der Waals surface area contributed by atoms with Crippen molar-refractivity contribution < 1.29 is 4.79 Å². The van der Waals surface area contributed by atoms with Crippen LogP contribution in [0.15, 0.2) is 29.2 Å². The number of ketones is 1. The van der Waals surface area contributed by atoms with Gasteiger partial charge in [0, 0.05) is 23.5 Å². The van der Waals surface area contributed by atoms with Gasteiger partial charge in [-0.05, 0) is 64.0 Å². The van der Waals surface area contributed by atoms with Crippen LogP contribution in [0.5, 0.6) is 0 Å². The summed E-state index contributed by atoms with van der Waals surface area (Å²) < 4.78 is 2.54. The van der Waals surface area contributed by atoms with Crippen LogP contribution in [-0.4, -0.2) is 53.9 Å². The Hall–Kier alpha value is -0.880. The van der Waals surface area contributed by atoms with Crippen molar-refractivity contribution in [2.75, 3.05) is 33.2 Å². The minimum atomic E-state index is 0.127. The first-order chi connectivity index (χ1) is 10.1. The van der Waals surface area contributed by atoms with Crippen LogP contribution in [0.4, 0.5) is 0 Å². The molecular weight excluding hydrogens is 282 g/mol. The molecule has 1 N–H and O–H groups in total. The molecule has 2 saturated heterocycles. The Bertz CT molecular complexity index is 511. The zero-order chi connectivity index (χ0) is 14.9. The molecule has 0 amide bonds. The maximum atomic E-state index is 11.4. The molecule has 0 bridgehead atoms. The van der Waals surface area contributed by atoms with Crippen LogP contribution in [0.3, 0.4) is 0 Å². The molecule has 4 nitrogen and oxygen atoms in total. The number of benzene rings is 1. The number of Topliss-reactive ketones (excluding diaryl/α,β-unsaturated/α-hetero) is 1. The fourth-order valence-electron chi connectivity index (χ4n) is 3.31. The minimum Gasteiger partial charge on any atom is -0.316 e. The normalized spacial score (nSPS) is 22.8. The fourth-order valence-corrected chi connectivity index (χ4v) is 4.49. The van der Waals surface area contributed by atoms with Gasteiger partial charge in [0.25, 0.3) is 0 Å². The molecule has 21 heavy (non-hydrogen) atoms. The highest BCUT2D eigenvalue weighted by Crippen LogP contribution is 2.40. The molecule has 0 aromatic heterocycles. The Morgan fingerprint density at radius 2 is 1.86 bits per heavy atom. The standard InChI is InChI=1S/C16H23N3OS/c1-13(20)14-3-5-15(6-4-14)21-19-12-11-18(2)16(19)7-9-17-10-8-16/h3-6,17H,7-12H2,1-2H3. The van der Waals surface area contributed by atoms with Gasteiger partial charge in [-0.1, -0.05) is 12.1 Å². The Labute approximate surface area is 131 Å². The second kappa shape index (κ2) is 6.08. The Morgan fingerprint density at radius 3 is 2.48 bits per heavy atom. The van der Waals surface area contributed by atoms with Crippen LogP contribution < -0.4 is 5.32 Å². The second-order valence-corrected chi connectivity index (χ2v) is 7.02. The average Bonchev–Trinajstić information content (AvgIpc) is 2.78. The monoisotopic (exact) mass is 305 g/mol. The lowest BCUT2D eigenvalue weighted by molar-refractivity contribution is 0.0572. The van der Waals surface area contributed by atoms with Gasteiger partial charge in [0.15, 0.2) is 5.78 Å². The van der Waals surface area contributed by atoms with Crippen molar-refractivity contribution in [1.82, 2.24) is 14.5 Å². The molecule has 114 valence electrons. The predicted octanol–water partition coefficient (Wildman–Crippen LogP) is 2.22. The maximum Gasteiger partial charge on any atom is 0.159 e. The molecule has 3 rings (SSSR count). The topological polar surface area (TPSA) is 35.6 Å². The smallest absolute Gasteiger partial charge is 0.159 e. The van der Waals surface area contributed by atoms with E-state index in [0.717, 1.165) is 31.7 Å². The number of nitrogens with zero attached hydrogens (tertiary/aromatic N) is 2. The summed E-state index contributed by atoms with van der Waals surface area (Å²) >= 11 is 1.83. The Kier molecular flexibility index (Phi) is 4.36. The van der Waals surface area contributed by atoms with Crippen LogP contribution in [0, 0.1) is 0 Å². The molecular formula is C16H23N3OS. The van der Waals surface area contributed by atoms with E-state index in [1.807, 2.05) is 24.1 Å². The van der Waals surface area contributed by atoms with Crippen molar-refractivity contribution in [2.24, 2.45) is 0 Å². The van der Waals surface area contributed by atoms with Crippen LogP contribution in [0.1, 0.15) is 30.1 Å². The molecule has 1 aromatic carbocycles. The Balaban J connectivity index is 1.75. The van der Waals surface area contributed by atoms with Crippen LogP contribution in [-0.2, 0) is 0 Å². The highest BCUT2D eigenvalue weighted by atomic mass is 32.2. The third-order valence-corrected chi connectivity index (χ3v) is 5.92. The van der Waals surface area contributed by atoms with Crippen molar-refractivity contribution in [3.05, 3.63) is 29.8 Å². The first-order valence-electron chi connectivity index (χ1n) is 7.60. The number of hydrogen-bond donors (Lipinski definition) is 1. The summed E-state index contributed by atoms with van der Waals surface area (Å²) in [5, 5.41) is 3.46. The third kappa shape index (κ3) is 2.88. The van der Waals surface area contributed by atoms with Gasteiger partial charge in [-0.3, -0.25) is 9.69 Å². The van der Waals surface area contributed by atoms with E-state index in [4.69, 9.17) is 0 Å². The van der Waals surface area contributed by atoms with E-state index >= 15 is 0 Å². The zero-order valence-corrected chi connectivity index (χ0v) is 13.6. The summed E-state index contributed by atoms with van der Waals surface area (Å²) in [6.45, 7) is 6.01. The van der Waals surface area contributed by atoms with Crippen molar-refractivity contribution in [3.8, 4) is 0 Å². The maximum absolute atomic E-state index is 11.4. The molecule has 0 saturated carbocycles.